The van der Waals surface area contributed by atoms with E-state index < -0.39 is 4.92 Å². The highest BCUT2D eigenvalue weighted by atomic mass is 16.6. The average molecular weight is 210 g/mol. The Balaban J connectivity index is 2.59. The molecule has 0 aromatic heterocycles. The van der Waals surface area contributed by atoms with Crippen molar-refractivity contribution in [2.45, 2.75) is 0 Å². The number of anilines is 1. The maximum atomic E-state index is 10.9. The zero-order valence-corrected chi connectivity index (χ0v) is 8.15. The summed E-state index contributed by atoms with van der Waals surface area (Å²) < 4.78 is 10.5. The van der Waals surface area contributed by atoms with Gasteiger partial charge in [-0.25, -0.2) is 0 Å². The van der Waals surface area contributed by atoms with Gasteiger partial charge in [-0.05, 0) is 12.1 Å². The number of nitro benzene ring substituents is 1. The Kier molecular flexibility index (Phi) is 2.32. The molecule has 0 saturated heterocycles. The van der Waals surface area contributed by atoms with Crippen molar-refractivity contribution in [3.63, 3.8) is 0 Å². The highest BCUT2D eigenvalue weighted by Crippen LogP contribution is 2.43. The van der Waals surface area contributed by atoms with Crippen LogP contribution < -0.4 is 14.8 Å². The van der Waals surface area contributed by atoms with Crippen LogP contribution in [-0.2, 0) is 0 Å². The molecule has 0 saturated carbocycles. The molecule has 0 unspecified atom stereocenters. The van der Waals surface area contributed by atoms with E-state index in [1.54, 1.807) is 19.2 Å². The molecule has 1 aliphatic heterocycles. The number of nitro groups is 1. The van der Waals surface area contributed by atoms with E-state index in [9.17, 15) is 10.1 Å². The van der Waals surface area contributed by atoms with E-state index in [2.05, 4.69) is 5.32 Å². The number of hydrogen-bond donors (Lipinski definition) is 1. The third-order valence-corrected chi connectivity index (χ3v) is 2.13. The number of ether oxygens (including phenoxy) is 2. The second-order valence-electron chi connectivity index (χ2n) is 2.99. The van der Waals surface area contributed by atoms with Gasteiger partial charge in [0.1, 0.15) is 18.9 Å². The first-order valence-electron chi connectivity index (χ1n) is 4.49. The van der Waals surface area contributed by atoms with Crippen LogP contribution >= 0.6 is 0 Å². The topological polar surface area (TPSA) is 73.6 Å². The summed E-state index contributed by atoms with van der Waals surface area (Å²) >= 11 is 0. The molecule has 0 radical (unpaired) electrons. The molecule has 2 rings (SSSR count). The average Bonchev–Trinajstić information content (AvgIpc) is 2.27. The Morgan fingerprint density at radius 1 is 1.40 bits per heavy atom. The van der Waals surface area contributed by atoms with Crippen LogP contribution in [-0.4, -0.2) is 25.2 Å². The van der Waals surface area contributed by atoms with Gasteiger partial charge in [-0.15, -0.1) is 0 Å². The van der Waals surface area contributed by atoms with Gasteiger partial charge in [0.15, 0.2) is 5.75 Å². The van der Waals surface area contributed by atoms with Crippen LogP contribution in [0.25, 0.3) is 0 Å². The summed E-state index contributed by atoms with van der Waals surface area (Å²) in [4.78, 5) is 10.4. The number of rotatable bonds is 2. The number of fused-ring (bicyclic) bond motifs is 1. The lowest BCUT2D eigenvalue weighted by Crippen LogP contribution is -2.16. The first-order valence-corrected chi connectivity index (χ1v) is 4.49. The Morgan fingerprint density at radius 2 is 2.13 bits per heavy atom. The highest BCUT2D eigenvalue weighted by Gasteiger charge is 2.27. The summed E-state index contributed by atoms with van der Waals surface area (Å²) in [6, 6.07) is 3.26. The van der Waals surface area contributed by atoms with Crippen molar-refractivity contribution in [1.29, 1.82) is 0 Å². The molecule has 15 heavy (non-hydrogen) atoms. The third kappa shape index (κ3) is 1.54. The third-order valence-electron chi connectivity index (χ3n) is 2.13. The van der Waals surface area contributed by atoms with Crippen molar-refractivity contribution in [2.75, 3.05) is 25.6 Å². The van der Waals surface area contributed by atoms with Gasteiger partial charge in [0, 0.05) is 7.05 Å². The summed E-state index contributed by atoms with van der Waals surface area (Å²) in [6.07, 6.45) is 0. The molecule has 80 valence electrons. The van der Waals surface area contributed by atoms with Crippen LogP contribution in [0.3, 0.4) is 0 Å². The lowest BCUT2D eigenvalue weighted by atomic mass is 10.2. The Hall–Kier alpha value is -1.98. The molecule has 0 spiro atoms. The second kappa shape index (κ2) is 3.64. The van der Waals surface area contributed by atoms with Crippen molar-refractivity contribution >= 4 is 11.4 Å². The van der Waals surface area contributed by atoms with Crippen LogP contribution in [0.4, 0.5) is 11.4 Å². The summed E-state index contributed by atoms with van der Waals surface area (Å²) in [6.45, 7) is 0.754. The van der Waals surface area contributed by atoms with Crippen molar-refractivity contribution in [3.8, 4) is 11.5 Å². The fraction of sp³-hybridized carbons (Fsp3) is 0.333. The van der Waals surface area contributed by atoms with Gasteiger partial charge in [0.05, 0.1) is 4.92 Å². The fourth-order valence-electron chi connectivity index (χ4n) is 1.48. The van der Waals surface area contributed by atoms with Crippen molar-refractivity contribution in [3.05, 3.63) is 22.2 Å². The number of nitrogens with zero attached hydrogens (tertiary/aromatic N) is 1. The quantitative estimate of drug-likeness (QED) is 0.590. The van der Waals surface area contributed by atoms with Crippen LogP contribution in [0.1, 0.15) is 0 Å². The molecule has 1 aromatic carbocycles. The minimum absolute atomic E-state index is 0.0744. The zero-order chi connectivity index (χ0) is 10.8. The molecule has 1 N–H and O–H groups in total. The van der Waals surface area contributed by atoms with Crippen molar-refractivity contribution < 1.29 is 14.4 Å². The number of hydrogen-bond acceptors (Lipinski definition) is 5. The van der Waals surface area contributed by atoms with Gasteiger partial charge in [-0.1, -0.05) is 0 Å². The largest absolute Gasteiger partial charge is 0.486 e. The predicted molar refractivity (Wildman–Crippen MR) is 53.6 cm³/mol. The zero-order valence-electron chi connectivity index (χ0n) is 8.15. The van der Waals surface area contributed by atoms with E-state index in [0.29, 0.717) is 24.7 Å². The van der Waals surface area contributed by atoms with E-state index in [-0.39, 0.29) is 11.4 Å². The molecular formula is C9H10N2O4. The van der Waals surface area contributed by atoms with E-state index in [4.69, 9.17) is 9.47 Å². The molecule has 1 heterocycles. The van der Waals surface area contributed by atoms with Crippen LogP contribution in [0.2, 0.25) is 0 Å². The molecule has 0 aliphatic carbocycles. The summed E-state index contributed by atoms with van der Waals surface area (Å²) in [5.41, 5.74) is 0.346. The molecule has 1 aliphatic rings. The SMILES string of the molecule is CNc1ccc2c(c1[N+](=O)[O-])OCCO2. The maximum Gasteiger partial charge on any atom is 0.337 e. The van der Waals surface area contributed by atoms with Gasteiger partial charge in [0.25, 0.3) is 0 Å². The normalized spacial score (nSPS) is 13.4. The Morgan fingerprint density at radius 3 is 2.80 bits per heavy atom. The fourth-order valence-corrected chi connectivity index (χ4v) is 1.48. The van der Waals surface area contributed by atoms with Gasteiger partial charge >= 0.3 is 5.69 Å². The maximum absolute atomic E-state index is 10.9. The van der Waals surface area contributed by atoms with Gasteiger partial charge in [-0.2, -0.15) is 0 Å². The van der Waals surface area contributed by atoms with Crippen molar-refractivity contribution in [1.82, 2.24) is 0 Å². The number of nitrogens with one attached hydrogen (secondary N) is 1. The standard InChI is InChI=1S/C9H10N2O4/c1-10-6-2-3-7-9(8(6)11(12)13)15-5-4-14-7/h2-3,10H,4-5H2,1H3. The van der Waals surface area contributed by atoms with Crippen LogP contribution in [0.15, 0.2) is 12.1 Å². The molecule has 0 atom stereocenters. The molecular weight excluding hydrogens is 200 g/mol. The molecule has 0 fully saturated rings. The predicted octanol–water partition coefficient (Wildman–Crippen LogP) is 1.41. The van der Waals surface area contributed by atoms with Gasteiger partial charge < -0.3 is 14.8 Å². The van der Waals surface area contributed by atoms with Gasteiger partial charge in [-0.3, -0.25) is 10.1 Å². The molecule has 6 heteroatoms. The Bertz CT molecular complexity index is 405. The highest BCUT2D eigenvalue weighted by molar-refractivity contribution is 5.72. The molecule has 6 nitrogen and oxygen atoms in total. The van der Waals surface area contributed by atoms with E-state index in [1.165, 1.54) is 0 Å². The molecule has 1 aromatic rings. The van der Waals surface area contributed by atoms with E-state index in [0.717, 1.165) is 0 Å². The molecule has 0 amide bonds. The summed E-state index contributed by atoms with van der Waals surface area (Å²) in [5.74, 6) is 0.630. The Labute approximate surface area is 86.0 Å². The van der Waals surface area contributed by atoms with Crippen LogP contribution in [0.5, 0.6) is 11.5 Å². The lowest BCUT2D eigenvalue weighted by Gasteiger charge is -2.18. The van der Waals surface area contributed by atoms with E-state index >= 15 is 0 Å². The van der Waals surface area contributed by atoms with Gasteiger partial charge in [0.2, 0.25) is 5.75 Å². The first kappa shape index (κ1) is 9.57. The minimum atomic E-state index is -0.473. The minimum Gasteiger partial charge on any atom is -0.486 e. The second-order valence-corrected chi connectivity index (χ2v) is 2.99. The summed E-state index contributed by atoms with van der Waals surface area (Å²) in [7, 11) is 1.62. The van der Waals surface area contributed by atoms with Crippen LogP contribution in [0, 0.1) is 10.1 Å². The molecule has 0 bridgehead atoms. The lowest BCUT2D eigenvalue weighted by molar-refractivity contribution is -0.385. The van der Waals surface area contributed by atoms with Crippen molar-refractivity contribution in [2.24, 2.45) is 0 Å². The smallest absolute Gasteiger partial charge is 0.337 e. The van der Waals surface area contributed by atoms with E-state index in [1.807, 2.05) is 0 Å². The monoisotopic (exact) mass is 210 g/mol. The first-order chi connectivity index (χ1) is 7.24. The number of benzene rings is 1. The summed E-state index contributed by atoms with van der Waals surface area (Å²) in [5, 5.41) is 13.6.